The highest BCUT2D eigenvalue weighted by Crippen LogP contribution is 2.16. The van der Waals surface area contributed by atoms with Gasteiger partial charge in [-0.2, -0.15) is 0 Å². The summed E-state index contributed by atoms with van der Waals surface area (Å²) in [4.78, 5) is 11.7. The molecule has 1 aliphatic heterocycles. The minimum Gasteiger partial charge on any atom is -0.381 e. The highest BCUT2D eigenvalue weighted by atomic mass is 35.5. The van der Waals surface area contributed by atoms with Gasteiger partial charge in [0.15, 0.2) is 0 Å². The highest BCUT2D eigenvalue weighted by molar-refractivity contribution is 6.31. The number of hydrogen-bond donors (Lipinski definition) is 1. The standard InChI is InChI=1S/C12H14ClNO2/c13-11-4-2-1-3-9(11)7-14-12(15)10-5-6-16-8-10/h1-4,10H,5-8H2,(H,14,15)/t10-/m1/s1. The number of nitrogens with one attached hydrogen (secondary N) is 1. The molecule has 0 unspecified atom stereocenters. The Balaban J connectivity index is 1.87. The van der Waals surface area contributed by atoms with Crippen molar-refractivity contribution in [1.82, 2.24) is 5.32 Å². The van der Waals surface area contributed by atoms with Gasteiger partial charge in [0.1, 0.15) is 0 Å². The summed E-state index contributed by atoms with van der Waals surface area (Å²) in [6, 6.07) is 7.51. The average Bonchev–Trinajstić information content (AvgIpc) is 2.81. The van der Waals surface area contributed by atoms with E-state index in [9.17, 15) is 4.79 Å². The van der Waals surface area contributed by atoms with Gasteiger partial charge < -0.3 is 10.1 Å². The molecule has 0 spiro atoms. The van der Waals surface area contributed by atoms with Crippen molar-refractivity contribution in [3.05, 3.63) is 34.9 Å². The van der Waals surface area contributed by atoms with Crippen molar-refractivity contribution >= 4 is 17.5 Å². The fourth-order valence-electron chi connectivity index (χ4n) is 1.71. The smallest absolute Gasteiger partial charge is 0.225 e. The van der Waals surface area contributed by atoms with Crippen LogP contribution >= 0.6 is 11.6 Å². The molecule has 0 bridgehead atoms. The summed E-state index contributed by atoms with van der Waals surface area (Å²) < 4.78 is 5.17. The molecule has 1 aromatic carbocycles. The Morgan fingerprint density at radius 2 is 2.31 bits per heavy atom. The van der Waals surface area contributed by atoms with Gasteiger partial charge in [-0.1, -0.05) is 29.8 Å². The van der Waals surface area contributed by atoms with Crippen molar-refractivity contribution in [2.45, 2.75) is 13.0 Å². The van der Waals surface area contributed by atoms with Gasteiger partial charge >= 0.3 is 0 Å². The molecule has 4 heteroatoms. The lowest BCUT2D eigenvalue weighted by Gasteiger charge is -2.10. The molecule has 1 N–H and O–H groups in total. The molecule has 1 atom stereocenters. The molecule has 16 heavy (non-hydrogen) atoms. The number of ether oxygens (including phenoxy) is 1. The maximum absolute atomic E-state index is 11.7. The summed E-state index contributed by atoms with van der Waals surface area (Å²) in [5.41, 5.74) is 0.941. The van der Waals surface area contributed by atoms with Crippen LogP contribution in [0.5, 0.6) is 0 Å². The first-order valence-corrected chi connectivity index (χ1v) is 5.74. The lowest BCUT2D eigenvalue weighted by molar-refractivity contribution is -0.125. The molecule has 0 aromatic heterocycles. The van der Waals surface area contributed by atoms with Gasteiger partial charge in [-0.05, 0) is 18.1 Å². The lowest BCUT2D eigenvalue weighted by Crippen LogP contribution is -2.30. The van der Waals surface area contributed by atoms with E-state index < -0.39 is 0 Å². The molecule has 1 heterocycles. The molecule has 0 aliphatic carbocycles. The molecule has 0 radical (unpaired) electrons. The summed E-state index contributed by atoms with van der Waals surface area (Å²) in [6.07, 6.45) is 0.814. The minimum absolute atomic E-state index is 0.00230. The zero-order valence-electron chi connectivity index (χ0n) is 8.91. The molecule has 1 amide bonds. The molecule has 2 rings (SSSR count). The van der Waals surface area contributed by atoms with Crippen LogP contribution in [0.4, 0.5) is 0 Å². The third-order valence-electron chi connectivity index (χ3n) is 2.71. The first-order valence-electron chi connectivity index (χ1n) is 5.36. The largest absolute Gasteiger partial charge is 0.381 e. The molecular weight excluding hydrogens is 226 g/mol. The number of benzene rings is 1. The molecule has 0 saturated carbocycles. The number of halogens is 1. The Morgan fingerprint density at radius 3 is 3.00 bits per heavy atom. The Morgan fingerprint density at radius 1 is 1.50 bits per heavy atom. The number of carbonyl (C=O) groups is 1. The van der Waals surface area contributed by atoms with E-state index in [-0.39, 0.29) is 11.8 Å². The number of hydrogen-bond acceptors (Lipinski definition) is 2. The monoisotopic (exact) mass is 239 g/mol. The molecule has 1 saturated heterocycles. The van der Waals surface area contributed by atoms with Crippen LogP contribution in [0.1, 0.15) is 12.0 Å². The van der Waals surface area contributed by atoms with Gasteiger partial charge in [-0.3, -0.25) is 4.79 Å². The third kappa shape index (κ3) is 2.74. The second kappa shape index (κ2) is 5.32. The zero-order valence-corrected chi connectivity index (χ0v) is 9.67. The zero-order chi connectivity index (χ0) is 11.4. The van der Waals surface area contributed by atoms with E-state index in [0.717, 1.165) is 12.0 Å². The first kappa shape index (κ1) is 11.4. The van der Waals surface area contributed by atoms with Gasteiger partial charge in [0.05, 0.1) is 12.5 Å². The number of carbonyl (C=O) groups excluding carboxylic acids is 1. The van der Waals surface area contributed by atoms with E-state index in [0.29, 0.717) is 24.8 Å². The quantitative estimate of drug-likeness (QED) is 0.876. The van der Waals surface area contributed by atoms with Crippen LogP contribution in [-0.4, -0.2) is 19.1 Å². The summed E-state index contributed by atoms with van der Waals surface area (Å²) in [7, 11) is 0. The van der Waals surface area contributed by atoms with Gasteiger partial charge in [0.2, 0.25) is 5.91 Å². The summed E-state index contributed by atoms with van der Waals surface area (Å²) >= 11 is 5.99. The second-order valence-corrected chi connectivity index (χ2v) is 4.28. The maximum Gasteiger partial charge on any atom is 0.225 e. The predicted octanol–water partition coefficient (Wildman–Crippen LogP) is 1.99. The summed E-state index contributed by atoms with van der Waals surface area (Å²) in [5.74, 6) is 0.0555. The fourth-order valence-corrected chi connectivity index (χ4v) is 1.91. The van der Waals surface area contributed by atoms with Crippen LogP contribution < -0.4 is 5.32 Å². The predicted molar refractivity (Wildman–Crippen MR) is 62.2 cm³/mol. The first-order chi connectivity index (χ1) is 7.77. The molecule has 1 fully saturated rings. The molecule has 1 aromatic rings. The molecular formula is C12H14ClNO2. The Hall–Kier alpha value is -1.06. The average molecular weight is 240 g/mol. The van der Waals surface area contributed by atoms with Gasteiger partial charge in [0.25, 0.3) is 0 Å². The fraction of sp³-hybridized carbons (Fsp3) is 0.417. The minimum atomic E-state index is 0.00230. The van der Waals surface area contributed by atoms with Crippen molar-refractivity contribution < 1.29 is 9.53 Å². The molecule has 3 nitrogen and oxygen atoms in total. The van der Waals surface area contributed by atoms with Crippen molar-refractivity contribution in [3.8, 4) is 0 Å². The number of amides is 1. The van der Waals surface area contributed by atoms with E-state index in [1.807, 2.05) is 24.3 Å². The summed E-state index contributed by atoms with van der Waals surface area (Å²) in [5, 5.41) is 3.56. The Labute approximate surface area is 99.7 Å². The van der Waals surface area contributed by atoms with Crippen molar-refractivity contribution in [1.29, 1.82) is 0 Å². The van der Waals surface area contributed by atoms with Gasteiger partial charge in [-0.25, -0.2) is 0 Å². The Kier molecular flexibility index (Phi) is 3.80. The van der Waals surface area contributed by atoms with Crippen molar-refractivity contribution in [2.24, 2.45) is 5.92 Å². The third-order valence-corrected chi connectivity index (χ3v) is 3.08. The van der Waals surface area contributed by atoms with Gasteiger partial charge in [-0.15, -0.1) is 0 Å². The van der Waals surface area contributed by atoms with Gasteiger partial charge in [0, 0.05) is 18.2 Å². The van der Waals surface area contributed by atoms with Crippen molar-refractivity contribution in [2.75, 3.05) is 13.2 Å². The van der Waals surface area contributed by atoms with Crippen LogP contribution in [0.2, 0.25) is 5.02 Å². The highest BCUT2D eigenvalue weighted by Gasteiger charge is 2.23. The maximum atomic E-state index is 11.7. The normalized spacial score (nSPS) is 19.7. The van der Waals surface area contributed by atoms with E-state index in [1.54, 1.807) is 0 Å². The molecule has 86 valence electrons. The van der Waals surface area contributed by atoms with Crippen LogP contribution in [-0.2, 0) is 16.1 Å². The SMILES string of the molecule is O=C(NCc1ccccc1Cl)[C@@H]1CCOC1. The van der Waals surface area contributed by atoms with E-state index >= 15 is 0 Å². The van der Waals surface area contributed by atoms with Crippen LogP contribution in [0.3, 0.4) is 0 Å². The van der Waals surface area contributed by atoms with Crippen LogP contribution in [0.25, 0.3) is 0 Å². The topological polar surface area (TPSA) is 38.3 Å². The van der Waals surface area contributed by atoms with E-state index in [4.69, 9.17) is 16.3 Å². The molecule has 1 aliphatic rings. The second-order valence-electron chi connectivity index (χ2n) is 3.87. The van der Waals surface area contributed by atoms with E-state index in [2.05, 4.69) is 5.32 Å². The number of rotatable bonds is 3. The van der Waals surface area contributed by atoms with E-state index in [1.165, 1.54) is 0 Å². The Bertz CT molecular complexity index is 375. The lowest BCUT2D eigenvalue weighted by atomic mass is 10.1. The van der Waals surface area contributed by atoms with Crippen LogP contribution in [0, 0.1) is 5.92 Å². The van der Waals surface area contributed by atoms with Crippen LogP contribution in [0.15, 0.2) is 24.3 Å². The van der Waals surface area contributed by atoms with Crippen molar-refractivity contribution in [3.63, 3.8) is 0 Å². The summed E-state index contributed by atoms with van der Waals surface area (Å²) in [6.45, 7) is 1.70.